The molecule has 3 rings (SSSR count). The lowest BCUT2D eigenvalue weighted by Crippen LogP contribution is -2.28. The summed E-state index contributed by atoms with van der Waals surface area (Å²) in [7, 11) is 0. The molecular weight excluding hydrogens is 400 g/mol. The molecule has 0 aliphatic heterocycles. The third-order valence-electron chi connectivity index (χ3n) is 4.66. The lowest BCUT2D eigenvalue weighted by atomic mass is 9.93. The van der Waals surface area contributed by atoms with Crippen molar-refractivity contribution in [2.45, 2.75) is 38.8 Å². The summed E-state index contributed by atoms with van der Waals surface area (Å²) in [6, 6.07) is 10.6. The summed E-state index contributed by atoms with van der Waals surface area (Å²) in [4.78, 5) is 24.3. The highest BCUT2D eigenvalue weighted by atomic mass is 35.5. The molecule has 0 aliphatic rings. The summed E-state index contributed by atoms with van der Waals surface area (Å²) in [5.74, 6) is 0.383. The summed E-state index contributed by atoms with van der Waals surface area (Å²) < 4.78 is 15.3. The third-order valence-corrected chi connectivity index (χ3v) is 5.40. The number of alkyl halides is 1. The molecule has 146 valence electrons. The fourth-order valence-corrected chi connectivity index (χ4v) is 3.24. The number of hydrogen-bond acceptors (Lipinski definition) is 3. The van der Waals surface area contributed by atoms with Gasteiger partial charge in [0.05, 0.1) is 15.7 Å². The number of rotatable bonds is 6. The minimum Gasteiger partial charge on any atom is -0.310 e. The quantitative estimate of drug-likeness (QED) is 0.593. The summed E-state index contributed by atoms with van der Waals surface area (Å²) in [5, 5.41) is 0.808. The van der Waals surface area contributed by atoms with Crippen LogP contribution in [0.4, 0.5) is 4.39 Å². The van der Waals surface area contributed by atoms with Crippen molar-refractivity contribution < 1.29 is 4.39 Å². The molecule has 28 heavy (non-hydrogen) atoms. The molecule has 0 saturated heterocycles. The molecule has 0 amide bonds. The van der Waals surface area contributed by atoms with Crippen molar-refractivity contribution >= 4 is 23.2 Å². The minimum atomic E-state index is -1.74. The van der Waals surface area contributed by atoms with Gasteiger partial charge in [-0.1, -0.05) is 42.3 Å². The van der Waals surface area contributed by atoms with Gasteiger partial charge in [0.1, 0.15) is 11.5 Å². The largest absolute Gasteiger partial charge is 0.310 e. The van der Waals surface area contributed by atoms with Crippen LogP contribution in [0.25, 0.3) is 0 Å². The van der Waals surface area contributed by atoms with Crippen LogP contribution >= 0.6 is 23.2 Å². The first-order valence-electron chi connectivity index (χ1n) is 8.95. The highest BCUT2D eigenvalue weighted by Crippen LogP contribution is 2.31. The van der Waals surface area contributed by atoms with E-state index in [9.17, 15) is 4.79 Å². The first-order chi connectivity index (χ1) is 13.3. The molecule has 7 heteroatoms. The average molecular weight is 420 g/mol. The van der Waals surface area contributed by atoms with Crippen LogP contribution in [0, 0.1) is 0 Å². The zero-order chi connectivity index (χ0) is 20.3. The molecule has 1 N–H and O–H groups in total. The van der Waals surface area contributed by atoms with Gasteiger partial charge in [-0.3, -0.25) is 9.78 Å². The summed E-state index contributed by atoms with van der Waals surface area (Å²) in [6.07, 6.45) is 2.38. The number of nitrogens with zero attached hydrogens (tertiary/aromatic N) is 2. The van der Waals surface area contributed by atoms with Gasteiger partial charge in [0.25, 0.3) is 5.56 Å². The van der Waals surface area contributed by atoms with Crippen LogP contribution in [-0.2, 0) is 18.5 Å². The van der Waals surface area contributed by atoms with E-state index in [4.69, 9.17) is 23.2 Å². The van der Waals surface area contributed by atoms with Crippen molar-refractivity contribution in [3.63, 3.8) is 0 Å². The van der Waals surface area contributed by atoms with Crippen molar-refractivity contribution in [2.24, 2.45) is 0 Å². The molecule has 3 aromatic rings. The molecule has 1 unspecified atom stereocenters. The van der Waals surface area contributed by atoms with Gasteiger partial charge in [0, 0.05) is 30.3 Å². The Hall–Kier alpha value is -2.24. The molecule has 4 nitrogen and oxygen atoms in total. The Morgan fingerprint density at radius 2 is 1.93 bits per heavy atom. The average Bonchev–Trinajstić information content (AvgIpc) is 2.67. The molecule has 0 radical (unpaired) electrons. The molecule has 0 saturated carbocycles. The van der Waals surface area contributed by atoms with Gasteiger partial charge in [0.2, 0.25) is 0 Å². The van der Waals surface area contributed by atoms with Crippen molar-refractivity contribution in [2.75, 3.05) is 0 Å². The molecule has 0 aliphatic carbocycles. The molecule has 2 aromatic heterocycles. The summed E-state index contributed by atoms with van der Waals surface area (Å²) in [5.41, 5.74) is -0.165. The van der Waals surface area contributed by atoms with Gasteiger partial charge in [0.15, 0.2) is 0 Å². The second-order valence-electron chi connectivity index (χ2n) is 6.81. The zero-order valence-corrected chi connectivity index (χ0v) is 17.1. The second-order valence-corrected chi connectivity index (χ2v) is 7.63. The fourth-order valence-electron chi connectivity index (χ4n) is 2.92. The van der Waals surface area contributed by atoms with E-state index in [0.29, 0.717) is 22.3 Å². The second kappa shape index (κ2) is 8.41. The standard InChI is InChI=1S/C21H20Cl2FN3O/c1-3-21(2,24)19-15(10-13-7-8-16(22)17(23)11-13)20(28)27-18(26-19)12-14-6-4-5-9-25-14/h4-9,11H,3,10,12H2,1-2H3,(H,26,27,28). The number of benzene rings is 1. The molecule has 2 heterocycles. The van der Waals surface area contributed by atoms with Crippen LogP contribution in [0.2, 0.25) is 10.0 Å². The number of H-pyrrole nitrogens is 1. The van der Waals surface area contributed by atoms with Crippen LogP contribution in [0.5, 0.6) is 0 Å². The van der Waals surface area contributed by atoms with Gasteiger partial charge in [-0.05, 0) is 43.2 Å². The Labute approximate surface area is 172 Å². The van der Waals surface area contributed by atoms with Gasteiger partial charge in [-0.25, -0.2) is 9.37 Å². The molecule has 1 aromatic carbocycles. The number of nitrogens with one attached hydrogen (secondary N) is 1. The normalized spacial score (nSPS) is 13.3. The predicted octanol–water partition coefficient (Wildman–Crippen LogP) is 5.25. The Morgan fingerprint density at radius 1 is 1.14 bits per heavy atom. The maximum Gasteiger partial charge on any atom is 0.254 e. The van der Waals surface area contributed by atoms with Crippen LogP contribution < -0.4 is 5.56 Å². The van der Waals surface area contributed by atoms with E-state index >= 15 is 4.39 Å². The molecule has 0 fully saturated rings. The number of halogens is 3. The van der Waals surface area contributed by atoms with Crippen molar-refractivity contribution in [3.05, 3.63) is 91.3 Å². The number of aromatic nitrogens is 3. The van der Waals surface area contributed by atoms with Crippen LogP contribution in [0.15, 0.2) is 47.4 Å². The summed E-state index contributed by atoms with van der Waals surface area (Å²) >= 11 is 12.0. The van der Waals surface area contributed by atoms with Crippen LogP contribution in [-0.4, -0.2) is 15.0 Å². The highest BCUT2D eigenvalue weighted by molar-refractivity contribution is 6.42. The van der Waals surface area contributed by atoms with E-state index in [-0.39, 0.29) is 29.7 Å². The van der Waals surface area contributed by atoms with Crippen LogP contribution in [0.3, 0.4) is 0 Å². The minimum absolute atomic E-state index is 0.149. The Kier molecular flexibility index (Phi) is 6.16. The van der Waals surface area contributed by atoms with E-state index in [2.05, 4.69) is 15.0 Å². The lowest BCUT2D eigenvalue weighted by Gasteiger charge is -2.21. The topological polar surface area (TPSA) is 58.6 Å². The van der Waals surface area contributed by atoms with E-state index in [1.807, 2.05) is 12.1 Å². The monoisotopic (exact) mass is 419 g/mol. The van der Waals surface area contributed by atoms with Crippen molar-refractivity contribution in [1.29, 1.82) is 0 Å². The number of hydrogen-bond donors (Lipinski definition) is 1. The molecule has 0 bridgehead atoms. The predicted molar refractivity (Wildman–Crippen MR) is 110 cm³/mol. The Bertz CT molecular complexity index is 1040. The van der Waals surface area contributed by atoms with Gasteiger partial charge in [-0.15, -0.1) is 0 Å². The molecule has 1 atom stereocenters. The van der Waals surface area contributed by atoms with E-state index < -0.39 is 5.67 Å². The number of pyridine rings is 1. The maximum atomic E-state index is 15.3. The summed E-state index contributed by atoms with van der Waals surface area (Å²) in [6.45, 7) is 3.17. The smallest absolute Gasteiger partial charge is 0.254 e. The first kappa shape index (κ1) is 20.5. The van der Waals surface area contributed by atoms with Crippen molar-refractivity contribution in [1.82, 2.24) is 15.0 Å². The third kappa shape index (κ3) is 4.59. The zero-order valence-electron chi connectivity index (χ0n) is 15.6. The van der Waals surface area contributed by atoms with E-state index in [1.165, 1.54) is 6.92 Å². The Morgan fingerprint density at radius 3 is 2.57 bits per heavy atom. The SMILES string of the molecule is CCC(C)(F)c1nc(Cc2ccccn2)[nH]c(=O)c1Cc1ccc(Cl)c(Cl)c1. The Balaban J connectivity index is 2.05. The molecule has 0 spiro atoms. The van der Waals surface area contributed by atoms with Gasteiger partial charge >= 0.3 is 0 Å². The first-order valence-corrected chi connectivity index (χ1v) is 9.71. The maximum absolute atomic E-state index is 15.3. The fraction of sp³-hybridized carbons (Fsp3) is 0.286. The number of aromatic amines is 1. The van der Waals surface area contributed by atoms with Gasteiger partial charge in [-0.2, -0.15) is 0 Å². The van der Waals surface area contributed by atoms with Crippen molar-refractivity contribution in [3.8, 4) is 0 Å². The van der Waals surface area contributed by atoms with Gasteiger partial charge < -0.3 is 4.98 Å². The van der Waals surface area contributed by atoms with Crippen LogP contribution in [0.1, 0.15) is 48.6 Å². The highest BCUT2D eigenvalue weighted by Gasteiger charge is 2.30. The van der Waals surface area contributed by atoms with E-state index in [0.717, 1.165) is 11.3 Å². The lowest BCUT2D eigenvalue weighted by molar-refractivity contribution is 0.176. The molecular formula is C21H20Cl2FN3O. The van der Waals surface area contributed by atoms with E-state index in [1.54, 1.807) is 37.4 Å².